The number of aliphatic hydroxyl groups is 1. The number of methoxy groups -OCH3 is 1. The third kappa shape index (κ3) is 3.72. The largest absolute Gasteiger partial charge is 0.392 e. The molecule has 0 heterocycles. The summed E-state index contributed by atoms with van der Waals surface area (Å²) in [5.41, 5.74) is 3.29. The number of aliphatic hydroxyl groups excluding tert-OH is 1. The Kier molecular flexibility index (Phi) is 6.16. The lowest BCUT2D eigenvalue weighted by Crippen LogP contribution is -2.36. The van der Waals surface area contributed by atoms with Gasteiger partial charge in [-0.15, -0.1) is 0 Å². The summed E-state index contributed by atoms with van der Waals surface area (Å²) in [4.78, 5) is 2.31. The van der Waals surface area contributed by atoms with Crippen LogP contribution in [0.1, 0.15) is 31.4 Å². The van der Waals surface area contributed by atoms with E-state index in [2.05, 4.69) is 36.9 Å². The van der Waals surface area contributed by atoms with Gasteiger partial charge in [0.1, 0.15) is 0 Å². The first-order chi connectivity index (χ1) is 8.63. The predicted molar refractivity (Wildman–Crippen MR) is 76.1 cm³/mol. The molecule has 0 radical (unpaired) electrons. The third-order valence-corrected chi connectivity index (χ3v) is 3.37. The van der Waals surface area contributed by atoms with E-state index < -0.39 is 0 Å². The number of hydrogen-bond donors (Lipinski definition) is 1. The number of nitrogens with zero attached hydrogens (tertiary/aromatic N) is 1. The molecule has 102 valence electrons. The van der Waals surface area contributed by atoms with Gasteiger partial charge < -0.3 is 14.7 Å². The summed E-state index contributed by atoms with van der Waals surface area (Å²) in [5.74, 6) is 0. The second kappa shape index (κ2) is 7.39. The van der Waals surface area contributed by atoms with Gasteiger partial charge in [-0.3, -0.25) is 0 Å². The molecule has 3 nitrogen and oxygen atoms in total. The zero-order valence-electron chi connectivity index (χ0n) is 11.9. The lowest BCUT2D eigenvalue weighted by Gasteiger charge is -2.32. The van der Waals surface area contributed by atoms with Gasteiger partial charge in [-0.25, -0.2) is 0 Å². The topological polar surface area (TPSA) is 32.7 Å². The molecule has 1 atom stereocenters. The first kappa shape index (κ1) is 15.0. The van der Waals surface area contributed by atoms with Gasteiger partial charge in [0, 0.05) is 30.9 Å². The summed E-state index contributed by atoms with van der Waals surface area (Å²) < 4.78 is 5.18. The minimum absolute atomic E-state index is 0.0803. The minimum atomic E-state index is 0.0803. The smallest absolute Gasteiger partial charge is 0.0702 e. The molecule has 0 amide bonds. The molecule has 0 bridgehead atoms. The van der Waals surface area contributed by atoms with E-state index in [4.69, 9.17) is 4.74 Å². The molecule has 0 aliphatic carbocycles. The molecule has 0 aliphatic rings. The number of rotatable bonds is 7. The fourth-order valence-corrected chi connectivity index (χ4v) is 2.11. The Bertz CT molecular complexity index is 366. The van der Waals surface area contributed by atoms with Gasteiger partial charge in [-0.1, -0.05) is 24.6 Å². The molecule has 1 aromatic rings. The van der Waals surface area contributed by atoms with E-state index in [1.54, 1.807) is 7.11 Å². The lowest BCUT2D eigenvalue weighted by atomic mass is 10.1. The zero-order valence-corrected chi connectivity index (χ0v) is 11.9. The van der Waals surface area contributed by atoms with Crippen molar-refractivity contribution < 1.29 is 9.84 Å². The van der Waals surface area contributed by atoms with Crippen molar-refractivity contribution in [1.82, 2.24) is 0 Å². The maximum Gasteiger partial charge on any atom is 0.0702 e. The van der Waals surface area contributed by atoms with Crippen LogP contribution in [0.3, 0.4) is 0 Å². The van der Waals surface area contributed by atoms with Crippen molar-refractivity contribution in [2.45, 2.75) is 39.8 Å². The number of aryl methyl sites for hydroxylation is 1. The Morgan fingerprint density at radius 1 is 1.39 bits per heavy atom. The predicted octanol–water partition coefficient (Wildman–Crippen LogP) is 2.74. The Labute approximate surface area is 110 Å². The molecular weight excluding hydrogens is 226 g/mol. The van der Waals surface area contributed by atoms with Crippen molar-refractivity contribution in [3.63, 3.8) is 0 Å². The maximum absolute atomic E-state index is 9.51. The van der Waals surface area contributed by atoms with Crippen molar-refractivity contribution in [3.8, 4) is 0 Å². The molecule has 3 heteroatoms. The monoisotopic (exact) mass is 251 g/mol. The Balaban J connectivity index is 3.03. The molecular formula is C15H25NO2. The highest BCUT2D eigenvalue weighted by Gasteiger charge is 2.15. The maximum atomic E-state index is 9.51. The van der Waals surface area contributed by atoms with Crippen LogP contribution in [-0.4, -0.2) is 31.4 Å². The number of hydrogen-bond acceptors (Lipinski definition) is 3. The molecule has 1 aromatic carbocycles. The Hall–Kier alpha value is -1.06. The first-order valence-electron chi connectivity index (χ1n) is 6.60. The van der Waals surface area contributed by atoms with Gasteiger partial charge in [0.25, 0.3) is 0 Å². The Morgan fingerprint density at radius 3 is 2.67 bits per heavy atom. The number of benzene rings is 1. The van der Waals surface area contributed by atoms with Crippen LogP contribution in [0.2, 0.25) is 0 Å². The minimum Gasteiger partial charge on any atom is -0.392 e. The standard InChI is InChI=1S/C15H25NO2/c1-5-13(3)16(8-9-18-4)15-7-6-12(2)10-14(15)11-17/h6-7,10,13,17H,5,8-9,11H2,1-4H3. The molecule has 0 fully saturated rings. The van der Waals surface area contributed by atoms with Crippen LogP contribution < -0.4 is 4.90 Å². The first-order valence-corrected chi connectivity index (χ1v) is 6.60. The molecule has 0 saturated heterocycles. The van der Waals surface area contributed by atoms with Crippen molar-refractivity contribution in [1.29, 1.82) is 0 Å². The van der Waals surface area contributed by atoms with Crippen LogP contribution >= 0.6 is 0 Å². The van der Waals surface area contributed by atoms with Crippen LogP contribution in [0, 0.1) is 6.92 Å². The van der Waals surface area contributed by atoms with E-state index in [1.807, 2.05) is 6.92 Å². The van der Waals surface area contributed by atoms with E-state index in [1.165, 1.54) is 5.56 Å². The van der Waals surface area contributed by atoms with E-state index in [0.29, 0.717) is 12.6 Å². The fourth-order valence-electron chi connectivity index (χ4n) is 2.11. The molecule has 0 saturated carbocycles. The SMILES string of the molecule is CCC(C)N(CCOC)c1ccc(C)cc1CO. The Morgan fingerprint density at radius 2 is 2.11 bits per heavy atom. The van der Waals surface area contributed by atoms with E-state index in [-0.39, 0.29) is 6.61 Å². The van der Waals surface area contributed by atoms with Crippen molar-refractivity contribution in [2.75, 3.05) is 25.2 Å². The van der Waals surface area contributed by atoms with Crippen molar-refractivity contribution in [3.05, 3.63) is 29.3 Å². The normalized spacial score (nSPS) is 12.5. The van der Waals surface area contributed by atoms with Crippen LogP contribution in [-0.2, 0) is 11.3 Å². The highest BCUT2D eigenvalue weighted by Crippen LogP contribution is 2.24. The number of anilines is 1. The van der Waals surface area contributed by atoms with E-state index in [9.17, 15) is 5.11 Å². The molecule has 0 spiro atoms. The van der Waals surface area contributed by atoms with E-state index >= 15 is 0 Å². The van der Waals surface area contributed by atoms with Crippen molar-refractivity contribution >= 4 is 5.69 Å². The highest BCUT2D eigenvalue weighted by molar-refractivity contribution is 5.55. The summed E-state index contributed by atoms with van der Waals surface area (Å²) in [7, 11) is 1.72. The van der Waals surface area contributed by atoms with Gasteiger partial charge in [-0.05, 0) is 26.3 Å². The molecule has 1 unspecified atom stereocenters. The lowest BCUT2D eigenvalue weighted by molar-refractivity contribution is 0.203. The van der Waals surface area contributed by atoms with Crippen LogP contribution in [0.15, 0.2) is 18.2 Å². The average molecular weight is 251 g/mol. The van der Waals surface area contributed by atoms with E-state index in [0.717, 1.165) is 24.2 Å². The number of ether oxygens (including phenoxy) is 1. The van der Waals surface area contributed by atoms with Gasteiger partial charge in [0.2, 0.25) is 0 Å². The molecule has 18 heavy (non-hydrogen) atoms. The summed E-state index contributed by atoms with van der Waals surface area (Å²) in [6.45, 7) is 8.06. The zero-order chi connectivity index (χ0) is 13.5. The summed E-state index contributed by atoms with van der Waals surface area (Å²) in [6.07, 6.45) is 1.07. The fraction of sp³-hybridized carbons (Fsp3) is 0.600. The third-order valence-electron chi connectivity index (χ3n) is 3.37. The summed E-state index contributed by atoms with van der Waals surface area (Å²) in [6, 6.07) is 6.69. The van der Waals surface area contributed by atoms with Crippen LogP contribution in [0.5, 0.6) is 0 Å². The molecule has 0 aliphatic heterocycles. The summed E-state index contributed by atoms with van der Waals surface area (Å²) >= 11 is 0. The van der Waals surface area contributed by atoms with Crippen LogP contribution in [0.4, 0.5) is 5.69 Å². The van der Waals surface area contributed by atoms with Gasteiger partial charge >= 0.3 is 0 Å². The van der Waals surface area contributed by atoms with Crippen LogP contribution in [0.25, 0.3) is 0 Å². The second-order valence-corrected chi connectivity index (χ2v) is 4.73. The van der Waals surface area contributed by atoms with Crippen molar-refractivity contribution in [2.24, 2.45) is 0 Å². The quantitative estimate of drug-likeness (QED) is 0.809. The van der Waals surface area contributed by atoms with Gasteiger partial charge in [-0.2, -0.15) is 0 Å². The van der Waals surface area contributed by atoms with Gasteiger partial charge in [0.05, 0.1) is 13.2 Å². The second-order valence-electron chi connectivity index (χ2n) is 4.73. The molecule has 1 rings (SSSR count). The highest BCUT2D eigenvalue weighted by atomic mass is 16.5. The average Bonchev–Trinajstić information content (AvgIpc) is 2.39. The van der Waals surface area contributed by atoms with Gasteiger partial charge in [0.15, 0.2) is 0 Å². The summed E-state index contributed by atoms with van der Waals surface area (Å²) in [5, 5.41) is 9.51. The molecule has 0 aromatic heterocycles. The molecule has 1 N–H and O–H groups in total.